The SMILES string of the molecule is c1ccc(-c2ccc(N(c3ccc4ccc5ccc6c7ccncc7oc6c5c4c3)c3cccc4c3oc3ccccc34)cc2)cc1. The molecule has 0 aliphatic heterocycles. The Kier molecular flexibility index (Phi) is 5.54. The molecule has 0 amide bonds. The van der Waals surface area contributed by atoms with Crippen LogP contribution >= 0.6 is 0 Å². The van der Waals surface area contributed by atoms with Gasteiger partial charge in [-0.25, -0.2) is 0 Å². The molecule has 0 spiro atoms. The van der Waals surface area contributed by atoms with Gasteiger partial charge in [-0.05, 0) is 75.8 Å². The maximum absolute atomic E-state index is 6.59. The lowest BCUT2D eigenvalue weighted by atomic mass is 9.98. The molecule has 0 bridgehead atoms. The summed E-state index contributed by atoms with van der Waals surface area (Å²) in [5, 5.41) is 8.86. The Hall–Kier alpha value is -6.39. The van der Waals surface area contributed by atoms with Gasteiger partial charge in [-0.2, -0.15) is 0 Å². The fourth-order valence-corrected chi connectivity index (χ4v) is 7.12. The molecule has 10 rings (SSSR count). The average molecular weight is 603 g/mol. The fraction of sp³-hybridized carbons (Fsp3) is 0. The number of anilines is 3. The van der Waals surface area contributed by atoms with Gasteiger partial charge in [0, 0.05) is 44.5 Å². The second kappa shape index (κ2) is 10.1. The normalized spacial score (nSPS) is 11.8. The van der Waals surface area contributed by atoms with E-state index >= 15 is 0 Å². The molecule has 10 aromatic rings. The molecule has 0 aliphatic carbocycles. The molecule has 0 saturated heterocycles. The lowest BCUT2D eigenvalue weighted by Crippen LogP contribution is -2.10. The van der Waals surface area contributed by atoms with Crippen LogP contribution in [0.15, 0.2) is 167 Å². The number of benzene rings is 7. The van der Waals surface area contributed by atoms with E-state index in [2.05, 4.69) is 131 Å². The number of pyridine rings is 1. The zero-order valence-electron chi connectivity index (χ0n) is 25.2. The number of aromatic nitrogens is 1. The van der Waals surface area contributed by atoms with Gasteiger partial charge in [0.15, 0.2) is 11.2 Å². The largest absolute Gasteiger partial charge is 0.454 e. The molecule has 4 nitrogen and oxygen atoms in total. The quantitative estimate of drug-likeness (QED) is 0.188. The highest BCUT2D eigenvalue weighted by molar-refractivity contribution is 6.23. The van der Waals surface area contributed by atoms with Crippen LogP contribution in [0, 0.1) is 0 Å². The van der Waals surface area contributed by atoms with Gasteiger partial charge < -0.3 is 13.7 Å². The van der Waals surface area contributed by atoms with E-state index in [0.717, 1.165) is 82.5 Å². The molecule has 7 aromatic carbocycles. The van der Waals surface area contributed by atoms with Crippen LogP contribution in [0.1, 0.15) is 0 Å². The number of hydrogen-bond donors (Lipinski definition) is 0. The van der Waals surface area contributed by atoms with Gasteiger partial charge >= 0.3 is 0 Å². The van der Waals surface area contributed by atoms with Gasteiger partial charge in [0.05, 0.1) is 11.9 Å². The number of hydrogen-bond acceptors (Lipinski definition) is 4. The monoisotopic (exact) mass is 602 g/mol. The molecule has 0 fully saturated rings. The van der Waals surface area contributed by atoms with Crippen molar-refractivity contribution in [2.45, 2.75) is 0 Å². The summed E-state index contributed by atoms with van der Waals surface area (Å²) in [7, 11) is 0. The Morgan fingerprint density at radius 1 is 0.447 bits per heavy atom. The third-order valence-corrected chi connectivity index (χ3v) is 9.34. The van der Waals surface area contributed by atoms with Crippen LogP contribution in [0.4, 0.5) is 17.1 Å². The van der Waals surface area contributed by atoms with E-state index in [1.54, 1.807) is 6.20 Å². The summed E-state index contributed by atoms with van der Waals surface area (Å²) in [6.45, 7) is 0. The lowest BCUT2D eigenvalue weighted by Gasteiger charge is -2.26. The molecule has 47 heavy (non-hydrogen) atoms. The van der Waals surface area contributed by atoms with Crippen molar-refractivity contribution in [1.29, 1.82) is 0 Å². The summed E-state index contributed by atoms with van der Waals surface area (Å²) in [4.78, 5) is 6.62. The Labute approximate surface area is 269 Å². The fourth-order valence-electron chi connectivity index (χ4n) is 7.12. The Morgan fingerprint density at radius 2 is 1.13 bits per heavy atom. The zero-order valence-corrected chi connectivity index (χ0v) is 25.2. The third-order valence-electron chi connectivity index (χ3n) is 9.34. The van der Waals surface area contributed by atoms with E-state index in [0.29, 0.717) is 0 Å². The number of nitrogens with zero attached hydrogens (tertiary/aromatic N) is 2. The van der Waals surface area contributed by atoms with E-state index in [9.17, 15) is 0 Å². The van der Waals surface area contributed by atoms with Crippen molar-refractivity contribution < 1.29 is 8.83 Å². The second-order valence-corrected chi connectivity index (χ2v) is 12.0. The number of para-hydroxylation sites is 2. The van der Waals surface area contributed by atoms with E-state index in [-0.39, 0.29) is 0 Å². The van der Waals surface area contributed by atoms with Crippen molar-refractivity contribution in [1.82, 2.24) is 4.98 Å². The topological polar surface area (TPSA) is 42.4 Å². The van der Waals surface area contributed by atoms with Crippen molar-refractivity contribution in [3.63, 3.8) is 0 Å². The van der Waals surface area contributed by atoms with Crippen molar-refractivity contribution >= 4 is 82.5 Å². The number of furan rings is 2. The minimum Gasteiger partial charge on any atom is -0.454 e. The van der Waals surface area contributed by atoms with Gasteiger partial charge in [0.2, 0.25) is 0 Å². The van der Waals surface area contributed by atoms with Crippen LogP contribution in [0.2, 0.25) is 0 Å². The van der Waals surface area contributed by atoms with E-state index in [1.165, 1.54) is 11.1 Å². The molecule has 220 valence electrons. The highest BCUT2D eigenvalue weighted by Crippen LogP contribution is 2.44. The standard InChI is InChI=1S/C43H26N2O2/c1-2-7-27(8-3-1)28-15-19-31(20-16-28)45(38-11-6-10-35-33-9-4-5-12-39(33)46-42(35)38)32-21-17-29-13-14-30-18-22-36-34-23-24-44-26-40(34)47-43(36)41(30)37(29)25-32/h1-26H. The third kappa shape index (κ3) is 3.98. The van der Waals surface area contributed by atoms with Crippen LogP contribution in [0.3, 0.4) is 0 Å². The average Bonchev–Trinajstić information content (AvgIpc) is 3.71. The summed E-state index contributed by atoms with van der Waals surface area (Å²) < 4.78 is 13.1. The van der Waals surface area contributed by atoms with Crippen molar-refractivity contribution in [2.24, 2.45) is 0 Å². The number of rotatable bonds is 4. The van der Waals surface area contributed by atoms with Gasteiger partial charge in [0.25, 0.3) is 0 Å². The van der Waals surface area contributed by atoms with Crippen molar-refractivity contribution in [3.05, 3.63) is 158 Å². The molecule has 3 aromatic heterocycles. The summed E-state index contributed by atoms with van der Waals surface area (Å²) in [5.74, 6) is 0. The highest BCUT2D eigenvalue weighted by Gasteiger charge is 2.21. The first-order valence-corrected chi connectivity index (χ1v) is 15.8. The Morgan fingerprint density at radius 3 is 2.04 bits per heavy atom. The van der Waals surface area contributed by atoms with Crippen molar-refractivity contribution in [2.75, 3.05) is 4.90 Å². The van der Waals surface area contributed by atoms with Crippen LogP contribution < -0.4 is 4.90 Å². The first-order valence-electron chi connectivity index (χ1n) is 15.8. The van der Waals surface area contributed by atoms with E-state index in [4.69, 9.17) is 8.83 Å². The van der Waals surface area contributed by atoms with Crippen LogP contribution in [0.5, 0.6) is 0 Å². The molecule has 0 radical (unpaired) electrons. The first kappa shape index (κ1) is 25.9. The molecule has 0 atom stereocenters. The van der Waals surface area contributed by atoms with Crippen LogP contribution in [-0.4, -0.2) is 4.98 Å². The first-order chi connectivity index (χ1) is 23.3. The molecular weight excluding hydrogens is 576 g/mol. The highest BCUT2D eigenvalue weighted by atomic mass is 16.3. The maximum atomic E-state index is 6.59. The smallest absolute Gasteiger partial charge is 0.159 e. The predicted molar refractivity (Wildman–Crippen MR) is 194 cm³/mol. The van der Waals surface area contributed by atoms with Gasteiger partial charge in [-0.15, -0.1) is 0 Å². The lowest BCUT2D eigenvalue weighted by molar-refractivity contribution is 0.669. The van der Waals surface area contributed by atoms with E-state index < -0.39 is 0 Å². The molecule has 4 heteroatoms. The second-order valence-electron chi connectivity index (χ2n) is 12.0. The van der Waals surface area contributed by atoms with Gasteiger partial charge in [0.1, 0.15) is 11.2 Å². The van der Waals surface area contributed by atoms with Crippen molar-refractivity contribution in [3.8, 4) is 11.1 Å². The zero-order chi connectivity index (χ0) is 30.9. The summed E-state index contributed by atoms with van der Waals surface area (Å²) in [6, 6.07) is 51.3. The maximum Gasteiger partial charge on any atom is 0.159 e. The van der Waals surface area contributed by atoms with Gasteiger partial charge in [-0.1, -0.05) is 97.1 Å². The molecule has 0 saturated carbocycles. The predicted octanol–water partition coefficient (Wildman–Crippen LogP) is 12.3. The number of fused-ring (bicyclic) bond motifs is 10. The van der Waals surface area contributed by atoms with Gasteiger partial charge in [-0.3, -0.25) is 4.98 Å². The molecular formula is C43H26N2O2. The molecule has 3 heterocycles. The molecule has 0 unspecified atom stereocenters. The minimum atomic E-state index is 0.792. The molecule has 0 N–H and O–H groups in total. The van der Waals surface area contributed by atoms with Crippen LogP contribution in [-0.2, 0) is 0 Å². The summed E-state index contributed by atoms with van der Waals surface area (Å²) in [6.07, 6.45) is 3.62. The van der Waals surface area contributed by atoms with E-state index in [1.807, 2.05) is 30.5 Å². The summed E-state index contributed by atoms with van der Waals surface area (Å²) in [5.41, 5.74) is 8.80. The Balaban J connectivity index is 1.25. The summed E-state index contributed by atoms with van der Waals surface area (Å²) >= 11 is 0. The minimum absolute atomic E-state index is 0.792. The Bertz CT molecular complexity index is 2790. The molecule has 0 aliphatic rings. The van der Waals surface area contributed by atoms with Crippen LogP contribution in [0.25, 0.3) is 76.5 Å².